The minimum absolute atomic E-state index is 0.173. The maximum atomic E-state index is 12.9. The van der Waals surface area contributed by atoms with Gasteiger partial charge in [0.2, 0.25) is 0 Å². The zero-order valence-corrected chi connectivity index (χ0v) is 13.7. The quantitative estimate of drug-likeness (QED) is 0.582. The summed E-state index contributed by atoms with van der Waals surface area (Å²) in [5.41, 5.74) is 1.80. The largest absolute Gasteiger partial charge is 0.492 e. The molecule has 24 heavy (non-hydrogen) atoms. The smallest absolute Gasteiger partial charge is 0.165 e. The predicted octanol–water partition coefficient (Wildman–Crippen LogP) is 4.84. The van der Waals surface area contributed by atoms with Crippen LogP contribution in [0.15, 0.2) is 54.7 Å². The highest BCUT2D eigenvalue weighted by Crippen LogP contribution is 2.23. The molecule has 3 aromatic rings. The highest BCUT2D eigenvalue weighted by molar-refractivity contribution is 6.08. The summed E-state index contributed by atoms with van der Waals surface area (Å²) >= 11 is 0. The topological polar surface area (TPSA) is 31.2 Å². The molecule has 0 saturated heterocycles. The minimum Gasteiger partial charge on any atom is -0.492 e. The second kappa shape index (κ2) is 7.30. The van der Waals surface area contributed by atoms with Crippen LogP contribution in [0.25, 0.3) is 10.9 Å². The fourth-order valence-electron chi connectivity index (χ4n) is 2.81. The van der Waals surface area contributed by atoms with Gasteiger partial charge in [-0.2, -0.15) is 0 Å². The molecule has 2 aromatic carbocycles. The van der Waals surface area contributed by atoms with Gasteiger partial charge in [0.1, 0.15) is 18.2 Å². The predicted molar refractivity (Wildman–Crippen MR) is 93.1 cm³/mol. The number of ketones is 1. The van der Waals surface area contributed by atoms with E-state index < -0.39 is 0 Å². The van der Waals surface area contributed by atoms with Crippen molar-refractivity contribution in [3.05, 3.63) is 66.1 Å². The molecule has 124 valence electrons. The average molecular weight is 325 g/mol. The van der Waals surface area contributed by atoms with Crippen LogP contribution in [-0.4, -0.2) is 17.0 Å². The first-order valence-electron chi connectivity index (χ1n) is 8.18. The molecular formula is C20H20FNO2. The minimum atomic E-state index is -0.280. The van der Waals surface area contributed by atoms with E-state index in [1.165, 1.54) is 12.1 Å². The number of halogens is 1. The van der Waals surface area contributed by atoms with E-state index in [0.29, 0.717) is 25.3 Å². The molecule has 0 fully saturated rings. The van der Waals surface area contributed by atoms with E-state index in [-0.39, 0.29) is 11.6 Å². The van der Waals surface area contributed by atoms with Crippen LogP contribution < -0.4 is 4.74 Å². The van der Waals surface area contributed by atoms with Crippen LogP contribution in [-0.2, 0) is 6.54 Å². The Morgan fingerprint density at radius 1 is 1.12 bits per heavy atom. The van der Waals surface area contributed by atoms with E-state index in [4.69, 9.17) is 4.74 Å². The molecule has 0 atom stereocenters. The fourth-order valence-corrected chi connectivity index (χ4v) is 2.81. The Labute approximate surface area is 140 Å². The number of para-hydroxylation sites is 1. The van der Waals surface area contributed by atoms with E-state index in [1.807, 2.05) is 42.0 Å². The third-order valence-corrected chi connectivity index (χ3v) is 3.98. The Kier molecular flexibility index (Phi) is 4.94. The third-order valence-electron chi connectivity index (χ3n) is 3.98. The number of hydrogen-bond donors (Lipinski definition) is 0. The molecular weight excluding hydrogens is 305 g/mol. The summed E-state index contributed by atoms with van der Waals surface area (Å²) in [4.78, 5) is 12.3. The lowest BCUT2D eigenvalue weighted by molar-refractivity contribution is 0.0983. The van der Waals surface area contributed by atoms with Crippen molar-refractivity contribution in [2.45, 2.75) is 26.3 Å². The van der Waals surface area contributed by atoms with Crippen LogP contribution in [0.3, 0.4) is 0 Å². The number of rotatable bonds is 7. The van der Waals surface area contributed by atoms with Gasteiger partial charge < -0.3 is 9.30 Å². The van der Waals surface area contributed by atoms with Crippen LogP contribution in [0.1, 0.15) is 30.1 Å². The summed E-state index contributed by atoms with van der Waals surface area (Å²) in [5.74, 6) is 0.528. The molecule has 3 nitrogen and oxygen atoms in total. The number of Topliss-reactive ketones (excluding diaryl/α,β-unsaturated/α-hetero) is 1. The Morgan fingerprint density at radius 3 is 2.62 bits per heavy atom. The molecule has 0 spiro atoms. The van der Waals surface area contributed by atoms with Crippen molar-refractivity contribution in [1.29, 1.82) is 0 Å². The lowest BCUT2D eigenvalue weighted by atomic mass is 10.1. The number of fused-ring (bicyclic) bond motifs is 1. The molecule has 1 aromatic heterocycles. The Hall–Kier alpha value is -2.62. The molecule has 0 aliphatic rings. The Bertz CT molecular complexity index is 836. The van der Waals surface area contributed by atoms with Gasteiger partial charge in [0, 0.05) is 29.1 Å². The first kappa shape index (κ1) is 16.2. The second-order valence-electron chi connectivity index (χ2n) is 5.73. The van der Waals surface area contributed by atoms with Gasteiger partial charge in [0.05, 0.1) is 6.54 Å². The standard InChI is InChI=1S/C20H20FNO2/c1-2-5-20(23)18-14-22(19-7-4-3-6-17(18)19)12-13-24-16-10-8-15(21)9-11-16/h3-4,6-11,14H,2,5,12-13H2,1H3. The monoisotopic (exact) mass is 325 g/mol. The van der Waals surface area contributed by atoms with Crippen molar-refractivity contribution in [1.82, 2.24) is 4.57 Å². The first-order valence-corrected chi connectivity index (χ1v) is 8.18. The lowest BCUT2D eigenvalue weighted by Crippen LogP contribution is -2.07. The number of hydrogen-bond acceptors (Lipinski definition) is 2. The van der Waals surface area contributed by atoms with Gasteiger partial charge in [-0.25, -0.2) is 4.39 Å². The van der Waals surface area contributed by atoms with Gasteiger partial charge in [-0.15, -0.1) is 0 Å². The maximum Gasteiger partial charge on any atom is 0.165 e. The molecule has 0 aliphatic carbocycles. The Morgan fingerprint density at radius 2 is 1.88 bits per heavy atom. The van der Waals surface area contributed by atoms with Gasteiger partial charge >= 0.3 is 0 Å². The summed E-state index contributed by atoms with van der Waals surface area (Å²) < 4.78 is 20.6. The highest BCUT2D eigenvalue weighted by Gasteiger charge is 2.13. The van der Waals surface area contributed by atoms with Crippen LogP contribution in [0.4, 0.5) is 4.39 Å². The number of carbonyl (C=O) groups is 1. The summed E-state index contributed by atoms with van der Waals surface area (Å²) in [6, 6.07) is 13.9. The van der Waals surface area contributed by atoms with Crippen molar-refractivity contribution in [2.75, 3.05) is 6.61 Å². The van der Waals surface area contributed by atoms with Crippen molar-refractivity contribution < 1.29 is 13.9 Å². The third kappa shape index (κ3) is 3.48. The number of aromatic nitrogens is 1. The van der Waals surface area contributed by atoms with Crippen LogP contribution >= 0.6 is 0 Å². The van der Waals surface area contributed by atoms with Crippen LogP contribution in [0.5, 0.6) is 5.75 Å². The van der Waals surface area contributed by atoms with Crippen LogP contribution in [0.2, 0.25) is 0 Å². The molecule has 3 rings (SSSR count). The summed E-state index contributed by atoms with van der Waals surface area (Å²) in [5, 5.41) is 0.984. The molecule has 0 amide bonds. The van der Waals surface area contributed by atoms with Crippen LogP contribution in [0, 0.1) is 5.82 Å². The normalized spacial score (nSPS) is 10.9. The molecule has 4 heteroatoms. The summed E-state index contributed by atoms with van der Waals surface area (Å²) in [7, 11) is 0. The van der Waals surface area contributed by atoms with E-state index in [0.717, 1.165) is 22.9 Å². The molecule has 0 N–H and O–H groups in total. The molecule has 1 heterocycles. The van der Waals surface area contributed by atoms with Crippen molar-refractivity contribution in [3.63, 3.8) is 0 Å². The number of benzene rings is 2. The summed E-state index contributed by atoms with van der Waals surface area (Å²) in [6.45, 7) is 3.08. The van der Waals surface area contributed by atoms with E-state index in [2.05, 4.69) is 0 Å². The lowest BCUT2D eigenvalue weighted by Gasteiger charge is -2.08. The number of carbonyl (C=O) groups excluding carboxylic acids is 1. The zero-order chi connectivity index (χ0) is 16.9. The summed E-state index contributed by atoms with van der Waals surface area (Å²) in [6.07, 6.45) is 3.31. The number of nitrogens with zero attached hydrogens (tertiary/aromatic N) is 1. The van der Waals surface area contributed by atoms with Gasteiger partial charge in [-0.3, -0.25) is 4.79 Å². The van der Waals surface area contributed by atoms with Gasteiger partial charge in [-0.1, -0.05) is 25.1 Å². The van der Waals surface area contributed by atoms with Crippen molar-refractivity contribution >= 4 is 16.7 Å². The van der Waals surface area contributed by atoms with Gasteiger partial charge in [0.15, 0.2) is 5.78 Å². The molecule has 0 saturated carbocycles. The SMILES string of the molecule is CCCC(=O)c1cn(CCOc2ccc(F)cc2)c2ccccc12. The van der Waals surface area contributed by atoms with E-state index in [9.17, 15) is 9.18 Å². The fraction of sp³-hybridized carbons (Fsp3) is 0.250. The van der Waals surface area contributed by atoms with Crippen molar-refractivity contribution in [2.24, 2.45) is 0 Å². The van der Waals surface area contributed by atoms with Gasteiger partial charge in [0.25, 0.3) is 0 Å². The molecule has 0 aliphatic heterocycles. The highest BCUT2D eigenvalue weighted by atomic mass is 19.1. The second-order valence-corrected chi connectivity index (χ2v) is 5.73. The zero-order valence-electron chi connectivity index (χ0n) is 13.7. The molecule has 0 radical (unpaired) electrons. The molecule has 0 unspecified atom stereocenters. The van der Waals surface area contributed by atoms with E-state index in [1.54, 1.807) is 12.1 Å². The van der Waals surface area contributed by atoms with E-state index >= 15 is 0 Å². The first-order chi connectivity index (χ1) is 11.7. The molecule has 0 bridgehead atoms. The van der Waals surface area contributed by atoms with Gasteiger partial charge in [-0.05, 0) is 36.8 Å². The Balaban J connectivity index is 1.76. The average Bonchev–Trinajstić information content (AvgIpc) is 2.96. The number of ether oxygens (including phenoxy) is 1. The maximum absolute atomic E-state index is 12.9. The van der Waals surface area contributed by atoms with Crippen molar-refractivity contribution in [3.8, 4) is 5.75 Å².